The van der Waals surface area contributed by atoms with Gasteiger partial charge in [-0.2, -0.15) is 5.26 Å². The highest BCUT2D eigenvalue weighted by molar-refractivity contribution is 7.15. The number of nitrogens with zero attached hydrogens (tertiary/aromatic N) is 3. The van der Waals surface area contributed by atoms with Crippen LogP contribution in [0, 0.1) is 11.3 Å². The molecule has 0 atom stereocenters. The lowest BCUT2D eigenvalue weighted by molar-refractivity contribution is -0.112. The predicted octanol–water partition coefficient (Wildman–Crippen LogP) is 3.23. The van der Waals surface area contributed by atoms with Crippen molar-refractivity contribution in [3.05, 3.63) is 40.1 Å². The number of rotatable bonds is 10. The van der Waals surface area contributed by atoms with Crippen molar-refractivity contribution in [1.82, 2.24) is 10.2 Å². The second-order valence-corrected chi connectivity index (χ2v) is 6.60. The minimum Gasteiger partial charge on any atom is -0.493 e. The van der Waals surface area contributed by atoms with Crippen molar-refractivity contribution in [3.63, 3.8) is 0 Å². The van der Waals surface area contributed by atoms with Gasteiger partial charge in [-0.25, -0.2) is 0 Å². The smallest absolute Gasteiger partial charge is 0.276 e. The number of anilines is 1. The number of aryl methyl sites for hydroxylation is 1. The molecule has 2 rings (SSSR count). The molecule has 2 aromatic rings. The van der Waals surface area contributed by atoms with Gasteiger partial charge in [0, 0.05) is 6.61 Å². The lowest BCUT2D eigenvalue weighted by atomic mass is 10.2. The molecule has 0 radical (unpaired) electrons. The second-order valence-electron chi connectivity index (χ2n) is 5.54. The highest BCUT2D eigenvalue weighted by Gasteiger charge is 2.12. The molecule has 0 aliphatic heterocycles. The maximum absolute atomic E-state index is 12.2. The molecule has 0 saturated heterocycles. The van der Waals surface area contributed by atoms with E-state index in [1.165, 1.54) is 24.5 Å². The van der Waals surface area contributed by atoms with Crippen molar-refractivity contribution in [2.24, 2.45) is 0 Å². The van der Waals surface area contributed by atoms with Crippen molar-refractivity contribution >= 4 is 28.5 Å². The average Bonchev–Trinajstić information content (AvgIpc) is 3.19. The number of nitriles is 1. The largest absolute Gasteiger partial charge is 0.493 e. The van der Waals surface area contributed by atoms with Gasteiger partial charge in [0.1, 0.15) is 17.7 Å². The number of amides is 1. The first kappa shape index (κ1) is 22.1. The molecule has 0 aliphatic carbocycles. The molecule has 0 bridgehead atoms. The number of carbonyl (C=O) groups is 1. The lowest BCUT2D eigenvalue weighted by Gasteiger charge is -2.11. The number of nitrogens with one attached hydrogen (secondary N) is 1. The molecule has 0 spiro atoms. The zero-order valence-electron chi connectivity index (χ0n) is 16.5. The third kappa shape index (κ3) is 6.73. The molecule has 1 N–H and O–H groups in total. The molecule has 0 fully saturated rings. The van der Waals surface area contributed by atoms with Gasteiger partial charge in [0.05, 0.1) is 13.7 Å². The van der Waals surface area contributed by atoms with Crippen LogP contribution in [-0.4, -0.2) is 43.0 Å². The van der Waals surface area contributed by atoms with Gasteiger partial charge in [-0.05, 0) is 37.1 Å². The van der Waals surface area contributed by atoms with Crippen molar-refractivity contribution in [3.8, 4) is 17.6 Å². The van der Waals surface area contributed by atoms with Crippen LogP contribution in [0.4, 0.5) is 5.13 Å². The Labute approximate surface area is 173 Å². The number of hydrogen-bond donors (Lipinski definition) is 1. The number of aromatic nitrogens is 2. The summed E-state index contributed by atoms with van der Waals surface area (Å²) in [5, 5.41) is 20.8. The van der Waals surface area contributed by atoms with Gasteiger partial charge >= 0.3 is 0 Å². The van der Waals surface area contributed by atoms with E-state index < -0.39 is 5.91 Å². The number of benzene rings is 1. The minimum atomic E-state index is -0.592. The summed E-state index contributed by atoms with van der Waals surface area (Å²) < 4.78 is 16.2. The van der Waals surface area contributed by atoms with Crippen LogP contribution in [-0.2, 0) is 16.0 Å². The molecular weight excluding hydrogens is 392 g/mol. The van der Waals surface area contributed by atoms with E-state index in [1.807, 2.05) is 19.9 Å². The van der Waals surface area contributed by atoms with E-state index in [0.717, 1.165) is 11.4 Å². The fourth-order valence-corrected chi connectivity index (χ4v) is 2.83. The molecule has 0 unspecified atom stereocenters. The Hall–Kier alpha value is -3.18. The van der Waals surface area contributed by atoms with Crippen LogP contribution in [0.5, 0.6) is 11.5 Å². The van der Waals surface area contributed by atoms with Crippen LogP contribution in [0.1, 0.15) is 24.4 Å². The Bertz CT molecular complexity index is 942. The molecule has 1 aromatic carbocycles. The third-order valence-corrected chi connectivity index (χ3v) is 4.57. The van der Waals surface area contributed by atoms with Gasteiger partial charge < -0.3 is 14.2 Å². The van der Waals surface area contributed by atoms with Gasteiger partial charge in [0.2, 0.25) is 5.13 Å². The van der Waals surface area contributed by atoms with Crippen LogP contribution < -0.4 is 14.8 Å². The van der Waals surface area contributed by atoms with Crippen LogP contribution >= 0.6 is 11.3 Å². The van der Waals surface area contributed by atoms with E-state index >= 15 is 0 Å². The SMILES string of the molecule is CCOCCOc1ccc(C=C=C(C#N)C(=O)Nc2nnc(CC)s2)cc1OC. The topological polar surface area (TPSA) is 106 Å². The summed E-state index contributed by atoms with van der Waals surface area (Å²) in [6.45, 7) is 5.38. The highest BCUT2D eigenvalue weighted by atomic mass is 32.1. The molecule has 152 valence electrons. The molecule has 1 amide bonds. The summed E-state index contributed by atoms with van der Waals surface area (Å²) in [6.07, 6.45) is 2.25. The van der Waals surface area contributed by atoms with E-state index in [4.69, 9.17) is 14.2 Å². The van der Waals surface area contributed by atoms with Gasteiger partial charge in [-0.1, -0.05) is 30.1 Å². The Morgan fingerprint density at radius 3 is 2.76 bits per heavy atom. The van der Waals surface area contributed by atoms with E-state index in [2.05, 4.69) is 21.2 Å². The molecule has 1 heterocycles. The summed E-state index contributed by atoms with van der Waals surface area (Å²) >= 11 is 1.27. The average molecular weight is 414 g/mol. The Morgan fingerprint density at radius 2 is 2.10 bits per heavy atom. The Morgan fingerprint density at radius 1 is 1.28 bits per heavy atom. The fraction of sp³-hybridized carbons (Fsp3) is 0.350. The number of methoxy groups -OCH3 is 1. The zero-order chi connectivity index (χ0) is 21.1. The highest BCUT2D eigenvalue weighted by Crippen LogP contribution is 2.28. The molecule has 0 aliphatic rings. The van der Waals surface area contributed by atoms with E-state index in [9.17, 15) is 10.1 Å². The Balaban J connectivity index is 2.12. The number of hydrogen-bond acceptors (Lipinski definition) is 8. The van der Waals surface area contributed by atoms with Crippen LogP contribution in [0.2, 0.25) is 0 Å². The lowest BCUT2D eigenvalue weighted by Crippen LogP contribution is -2.12. The number of ether oxygens (including phenoxy) is 3. The van der Waals surface area contributed by atoms with E-state index in [0.29, 0.717) is 42.0 Å². The van der Waals surface area contributed by atoms with Crippen LogP contribution in [0.3, 0.4) is 0 Å². The normalized spacial score (nSPS) is 9.86. The van der Waals surface area contributed by atoms with Gasteiger partial charge in [-0.15, -0.1) is 10.2 Å². The summed E-state index contributed by atoms with van der Waals surface area (Å²) in [7, 11) is 1.54. The monoisotopic (exact) mass is 414 g/mol. The van der Waals surface area contributed by atoms with Gasteiger partial charge in [0.15, 0.2) is 17.1 Å². The molecule has 0 saturated carbocycles. The van der Waals surface area contributed by atoms with Crippen molar-refractivity contribution < 1.29 is 19.0 Å². The fourth-order valence-electron chi connectivity index (χ4n) is 2.16. The predicted molar refractivity (Wildman–Crippen MR) is 110 cm³/mol. The molecule has 8 nitrogen and oxygen atoms in total. The Kier molecular flexibility index (Phi) is 8.86. The quantitative estimate of drug-likeness (QED) is 0.275. The maximum Gasteiger partial charge on any atom is 0.276 e. The zero-order valence-corrected chi connectivity index (χ0v) is 17.3. The van der Waals surface area contributed by atoms with Crippen molar-refractivity contribution in [2.45, 2.75) is 20.3 Å². The second kappa shape index (κ2) is 11.6. The van der Waals surface area contributed by atoms with Gasteiger partial charge in [-0.3, -0.25) is 10.1 Å². The third-order valence-electron chi connectivity index (χ3n) is 3.59. The summed E-state index contributed by atoms with van der Waals surface area (Å²) in [5.74, 6) is 0.515. The van der Waals surface area contributed by atoms with Crippen LogP contribution in [0.15, 0.2) is 29.5 Å². The minimum absolute atomic E-state index is 0.172. The summed E-state index contributed by atoms with van der Waals surface area (Å²) in [4.78, 5) is 12.2. The van der Waals surface area contributed by atoms with E-state index in [1.54, 1.807) is 18.2 Å². The standard InChI is InChI=1S/C20H22N4O4S/c1-4-18-23-24-20(29-18)22-19(25)15(13-21)8-6-14-7-9-16(17(12-14)26-3)28-11-10-27-5-2/h6-7,9,12H,4-5,10-11H2,1-3H3,(H,22,24,25). The first-order chi connectivity index (χ1) is 14.1. The van der Waals surface area contributed by atoms with Gasteiger partial charge in [0.25, 0.3) is 5.91 Å². The van der Waals surface area contributed by atoms with E-state index in [-0.39, 0.29) is 5.57 Å². The number of carbonyl (C=O) groups excluding carboxylic acids is 1. The maximum atomic E-state index is 12.2. The first-order valence-corrected chi connectivity index (χ1v) is 9.82. The van der Waals surface area contributed by atoms with Crippen molar-refractivity contribution in [1.29, 1.82) is 5.26 Å². The van der Waals surface area contributed by atoms with Crippen LogP contribution in [0.25, 0.3) is 6.08 Å². The van der Waals surface area contributed by atoms with Crippen molar-refractivity contribution in [2.75, 3.05) is 32.2 Å². The first-order valence-electron chi connectivity index (χ1n) is 9.00. The molecular formula is C20H22N4O4S. The summed E-state index contributed by atoms with van der Waals surface area (Å²) in [5.41, 5.74) is 3.24. The molecule has 9 heteroatoms. The molecule has 29 heavy (non-hydrogen) atoms. The summed E-state index contributed by atoms with van der Waals surface area (Å²) in [6, 6.07) is 7.09. The molecule has 1 aromatic heterocycles.